The number of hydrogen-bond acceptors (Lipinski definition) is 5. The van der Waals surface area contributed by atoms with Gasteiger partial charge in [0.15, 0.2) is 0 Å². The summed E-state index contributed by atoms with van der Waals surface area (Å²) < 4.78 is 52.4. The van der Waals surface area contributed by atoms with Gasteiger partial charge in [0.1, 0.15) is 12.2 Å². The van der Waals surface area contributed by atoms with Crippen LogP contribution in [0, 0.1) is 0 Å². The molecule has 0 radical (unpaired) electrons. The van der Waals surface area contributed by atoms with E-state index in [0.717, 1.165) is 34.4 Å². The number of ether oxygens (including phenoxy) is 2. The fraction of sp³-hybridized carbons (Fsp3) is 0.355. The van der Waals surface area contributed by atoms with Crippen molar-refractivity contribution in [3.05, 3.63) is 83.4 Å². The molecule has 1 aliphatic carbocycles. The van der Waals surface area contributed by atoms with Crippen LogP contribution in [0.4, 0.5) is 28.2 Å². The monoisotopic (exact) mass is 619 g/mol. The van der Waals surface area contributed by atoms with Gasteiger partial charge in [0.05, 0.1) is 0 Å². The summed E-state index contributed by atoms with van der Waals surface area (Å²) in [5.41, 5.74) is 3.28. The molecule has 0 aromatic heterocycles. The number of nitrogens with zero attached hydrogens (tertiary/aromatic N) is 2. The van der Waals surface area contributed by atoms with Crippen LogP contribution >= 0.6 is 0 Å². The van der Waals surface area contributed by atoms with Crippen molar-refractivity contribution in [2.75, 3.05) is 38.1 Å². The fourth-order valence-corrected chi connectivity index (χ4v) is 5.50. The number of carbonyl (C=O) groups is 2. The molecule has 0 atom stereocenters. The SMILES string of the molecule is CC(C)(C)OC(=O)N1CCN(Cc2cc(NC(=O)OCC3c4ccccc4-c4ccccc43)cc([B-](F)(F)F)c2)CC1.[K+]. The molecule has 3 aromatic rings. The number of hydrogen-bond donors (Lipinski definition) is 1. The van der Waals surface area contributed by atoms with Crippen molar-refractivity contribution in [2.24, 2.45) is 0 Å². The number of piperazine rings is 1. The van der Waals surface area contributed by atoms with E-state index < -0.39 is 30.2 Å². The Kier molecular flexibility index (Phi) is 10.7. The quantitative estimate of drug-likeness (QED) is 0.430. The molecule has 1 heterocycles. The Balaban J connectivity index is 0.00000423. The van der Waals surface area contributed by atoms with Gasteiger partial charge in [0.2, 0.25) is 0 Å². The van der Waals surface area contributed by atoms with Gasteiger partial charge in [-0.2, -0.15) is 0 Å². The van der Waals surface area contributed by atoms with E-state index in [2.05, 4.69) is 5.32 Å². The van der Waals surface area contributed by atoms with Gasteiger partial charge in [0, 0.05) is 44.3 Å². The first-order valence-electron chi connectivity index (χ1n) is 14.0. The summed E-state index contributed by atoms with van der Waals surface area (Å²) >= 11 is 0. The third-order valence-electron chi connectivity index (χ3n) is 7.41. The van der Waals surface area contributed by atoms with Crippen LogP contribution in [-0.4, -0.2) is 67.4 Å². The van der Waals surface area contributed by atoms with E-state index in [9.17, 15) is 22.5 Å². The summed E-state index contributed by atoms with van der Waals surface area (Å²) in [6.07, 6.45) is -1.22. The first-order chi connectivity index (χ1) is 19.9. The fourth-order valence-electron chi connectivity index (χ4n) is 5.50. The van der Waals surface area contributed by atoms with Gasteiger partial charge in [-0.25, -0.2) is 9.59 Å². The largest absolute Gasteiger partial charge is 1.00 e. The van der Waals surface area contributed by atoms with Crippen LogP contribution < -0.4 is 62.2 Å². The van der Waals surface area contributed by atoms with Crippen molar-refractivity contribution < 1.29 is 83.4 Å². The summed E-state index contributed by atoms with van der Waals surface area (Å²) in [5.74, 6) is -0.164. The maximum Gasteiger partial charge on any atom is 1.00 e. The van der Waals surface area contributed by atoms with Crippen LogP contribution in [-0.2, 0) is 16.0 Å². The van der Waals surface area contributed by atoms with E-state index in [1.807, 2.05) is 53.4 Å². The van der Waals surface area contributed by atoms with E-state index in [1.165, 1.54) is 6.07 Å². The first kappa shape index (κ1) is 33.5. The molecule has 0 spiro atoms. The second-order valence-corrected chi connectivity index (χ2v) is 11.7. The standard InChI is InChI=1S/C31H34BF3N3O4.K/c1-31(2,3)42-30(40)38-14-12-37(13-15-38)19-21-16-22(32(33,34)35)18-23(17-21)36-29(39)41-20-28-26-10-6-4-8-24(26)25-9-5-7-11-27(25)28;/h4-11,16-18,28H,12-15,19-20H2,1-3H3,(H,36,39);/q-1;+1. The van der Waals surface area contributed by atoms with Crippen molar-refractivity contribution in [2.45, 2.75) is 38.8 Å². The summed E-state index contributed by atoms with van der Waals surface area (Å²) in [6.45, 7) is 2.15. The summed E-state index contributed by atoms with van der Waals surface area (Å²) in [6, 6.07) is 19.4. The summed E-state index contributed by atoms with van der Waals surface area (Å²) in [7, 11) is 0. The Bertz CT molecular complexity index is 1430. The average Bonchev–Trinajstić information content (AvgIpc) is 3.24. The predicted octanol–water partition coefficient (Wildman–Crippen LogP) is 3.16. The summed E-state index contributed by atoms with van der Waals surface area (Å²) in [4.78, 5) is 28.7. The van der Waals surface area contributed by atoms with Gasteiger partial charge in [0.25, 0.3) is 0 Å². The maximum atomic E-state index is 13.8. The van der Waals surface area contributed by atoms with E-state index >= 15 is 0 Å². The minimum atomic E-state index is -5.30. The number of fused-ring (bicyclic) bond motifs is 3. The molecule has 1 fully saturated rings. The Morgan fingerprint density at radius 3 is 2.05 bits per heavy atom. The van der Waals surface area contributed by atoms with Crippen molar-refractivity contribution in [1.29, 1.82) is 0 Å². The first-order valence-corrected chi connectivity index (χ1v) is 14.0. The minimum Gasteiger partial charge on any atom is -0.448 e. The molecule has 1 saturated heterocycles. The number of halogens is 3. The van der Waals surface area contributed by atoms with E-state index in [4.69, 9.17) is 9.47 Å². The third-order valence-corrected chi connectivity index (χ3v) is 7.41. The molecule has 2 aliphatic rings. The Labute approximate surface area is 292 Å². The zero-order valence-corrected chi connectivity index (χ0v) is 28.0. The number of rotatable bonds is 6. The molecular weight excluding hydrogens is 585 g/mol. The van der Waals surface area contributed by atoms with Crippen molar-refractivity contribution in [3.63, 3.8) is 0 Å². The van der Waals surface area contributed by atoms with Gasteiger partial charge >= 0.3 is 70.5 Å². The second-order valence-electron chi connectivity index (χ2n) is 11.7. The Hall–Kier alpha value is -2.35. The second kappa shape index (κ2) is 13.7. The molecule has 0 saturated carbocycles. The molecule has 7 nitrogen and oxygen atoms in total. The molecule has 1 aliphatic heterocycles. The van der Waals surface area contributed by atoms with Gasteiger partial charge in [-0.05, 0) is 54.7 Å². The van der Waals surface area contributed by atoms with Crippen LogP contribution in [0.1, 0.15) is 43.4 Å². The Morgan fingerprint density at radius 1 is 0.907 bits per heavy atom. The van der Waals surface area contributed by atoms with Gasteiger partial charge < -0.3 is 27.3 Å². The van der Waals surface area contributed by atoms with Gasteiger partial charge in [-0.1, -0.05) is 60.7 Å². The molecule has 0 bridgehead atoms. The number of nitrogens with one attached hydrogen (secondary N) is 1. The Morgan fingerprint density at radius 2 is 1.49 bits per heavy atom. The number of carbonyl (C=O) groups excluding carboxylic acids is 2. The zero-order chi connectivity index (χ0) is 30.1. The smallest absolute Gasteiger partial charge is 0.448 e. The normalized spacial score (nSPS) is 15.3. The maximum absolute atomic E-state index is 13.8. The molecule has 2 amide bonds. The topological polar surface area (TPSA) is 71.1 Å². The molecule has 1 N–H and O–H groups in total. The van der Waals surface area contributed by atoms with Crippen LogP contribution in [0.15, 0.2) is 66.7 Å². The molecule has 222 valence electrons. The molecular formula is C31H34BF3KN3O4. The predicted molar refractivity (Wildman–Crippen MR) is 157 cm³/mol. The van der Waals surface area contributed by atoms with Crippen molar-refractivity contribution in [3.8, 4) is 11.1 Å². The molecule has 3 aromatic carbocycles. The molecule has 0 unspecified atom stereocenters. The van der Waals surface area contributed by atoms with Crippen molar-refractivity contribution in [1.82, 2.24) is 9.80 Å². The van der Waals surface area contributed by atoms with Gasteiger partial charge in [-0.3, -0.25) is 10.2 Å². The number of benzene rings is 3. The zero-order valence-electron chi connectivity index (χ0n) is 24.9. The van der Waals surface area contributed by atoms with Crippen LogP contribution in [0.5, 0.6) is 0 Å². The van der Waals surface area contributed by atoms with Crippen LogP contribution in [0.2, 0.25) is 0 Å². The van der Waals surface area contributed by atoms with E-state index in [0.29, 0.717) is 31.7 Å². The molecule has 5 rings (SSSR count). The van der Waals surface area contributed by atoms with Crippen molar-refractivity contribution >= 4 is 30.3 Å². The van der Waals surface area contributed by atoms with Crippen LogP contribution in [0.25, 0.3) is 11.1 Å². The number of amides is 2. The summed E-state index contributed by atoms with van der Waals surface area (Å²) in [5, 5.41) is 2.51. The van der Waals surface area contributed by atoms with Crippen LogP contribution in [0.3, 0.4) is 0 Å². The molecule has 43 heavy (non-hydrogen) atoms. The van der Waals surface area contributed by atoms with Gasteiger partial charge in [-0.15, -0.1) is 5.46 Å². The minimum absolute atomic E-state index is 0. The van der Waals surface area contributed by atoms with E-state index in [-0.39, 0.29) is 76.1 Å². The number of anilines is 1. The van der Waals surface area contributed by atoms with E-state index in [1.54, 1.807) is 25.7 Å². The average molecular weight is 620 g/mol. The third kappa shape index (κ3) is 8.43. The molecule has 12 heteroatoms.